The fourth-order valence-electron chi connectivity index (χ4n) is 3.01. The van der Waals surface area contributed by atoms with Gasteiger partial charge in [0.05, 0.1) is 0 Å². The van der Waals surface area contributed by atoms with E-state index in [0.717, 1.165) is 12.8 Å². The molecule has 0 unspecified atom stereocenters. The van der Waals surface area contributed by atoms with Crippen LogP contribution in [0.1, 0.15) is 44.2 Å². The molecule has 1 saturated heterocycles. The second-order valence-corrected chi connectivity index (χ2v) is 5.78. The summed E-state index contributed by atoms with van der Waals surface area (Å²) in [6.45, 7) is 4.25. The van der Waals surface area contributed by atoms with E-state index in [9.17, 15) is 22.0 Å². The van der Waals surface area contributed by atoms with Crippen LogP contribution in [-0.4, -0.2) is 31.1 Å². The van der Waals surface area contributed by atoms with E-state index in [1.54, 1.807) is 4.90 Å². The molecular weight excluding hydrogens is 315 g/mol. The number of rotatable bonds is 6. The van der Waals surface area contributed by atoms with Crippen molar-refractivity contribution in [3.05, 3.63) is 34.6 Å². The molecular formula is C16H21F5N2. The summed E-state index contributed by atoms with van der Waals surface area (Å²) < 4.78 is 68.6. The number of benzene rings is 1. The molecule has 1 atom stereocenters. The van der Waals surface area contributed by atoms with E-state index in [1.807, 2.05) is 6.92 Å². The molecule has 1 aliphatic rings. The van der Waals surface area contributed by atoms with Gasteiger partial charge in [0.25, 0.3) is 0 Å². The highest BCUT2D eigenvalue weighted by molar-refractivity contribution is 5.27. The molecule has 1 heterocycles. The molecule has 0 aromatic heterocycles. The molecule has 0 amide bonds. The molecule has 1 fully saturated rings. The van der Waals surface area contributed by atoms with E-state index < -0.39 is 40.7 Å². The van der Waals surface area contributed by atoms with E-state index in [-0.39, 0.29) is 0 Å². The van der Waals surface area contributed by atoms with Gasteiger partial charge in [-0.1, -0.05) is 26.2 Å². The van der Waals surface area contributed by atoms with Crippen LogP contribution < -0.4 is 5.32 Å². The molecule has 0 aliphatic carbocycles. The van der Waals surface area contributed by atoms with Gasteiger partial charge < -0.3 is 5.32 Å². The molecule has 0 bridgehead atoms. The van der Waals surface area contributed by atoms with Crippen molar-refractivity contribution < 1.29 is 22.0 Å². The van der Waals surface area contributed by atoms with Crippen molar-refractivity contribution in [2.75, 3.05) is 26.2 Å². The number of piperazine rings is 1. The summed E-state index contributed by atoms with van der Waals surface area (Å²) in [6.07, 6.45) is 2.79. The van der Waals surface area contributed by atoms with Gasteiger partial charge in [0.2, 0.25) is 5.82 Å². The second-order valence-electron chi connectivity index (χ2n) is 5.78. The van der Waals surface area contributed by atoms with Crippen molar-refractivity contribution >= 4 is 0 Å². The van der Waals surface area contributed by atoms with Gasteiger partial charge in [-0.25, -0.2) is 22.0 Å². The van der Waals surface area contributed by atoms with Gasteiger partial charge in [-0.15, -0.1) is 0 Å². The fourth-order valence-corrected chi connectivity index (χ4v) is 3.01. The summed E-state index contributed by atoms with van der Waals surface area (Å²) in [5, 5.41) is 3.11. The topological polar surface area (TPSA) is 15.3 Å². The molecule has 0 radical (unpaired) electrons. The van der Waals surface area contributed by atoms with Crippen molar-refractivity contribution in [1.29, 1.82) is 0 Å². The summed E-state index contributed by atoms with van der Waals surface area (Å²) in [7, 11) is 0. The third kappa shape index (κ3) is 3.83. The Morgan fingerprint density at radius 2 is 1.39 bits per heavy atom. The lowest BCUT2D eigenvalue weighted by atomic mass is 9.96. The summed E-state index contributed by atoms with van der Waals surface area (Å²) in [5.41, 5.74) is -0.695. The third-order valence-electron chi connectivity index (χ3n) is 4.25. The average molecular weight is 336 g/mol. The Kier molecular flexibility index (Phi) is 6.35. The Morgan fingerprint density at radius 3 is 1.91 bits per heavy atom. The lowest BCUT2D eigenvalue weighted by molar-refractivity contribution is 0.153. The Morgan fingerprint density at radius 1 is 0.870 bits per heavy atom. The van der Waals surface area contributed by atoms with Crippen molar-refractivity contribution in [2.45, 2.75) is 38.6 Å². The lowest BCUT2D eigenvalue weighted by Gasteiger charge is -2.35. The van der Waals surface area contributed by atoms with E-state index >= 15 is 0 Å². The van der Waals surface area contributed by atoms with Gasteiger partial charge >= 0.3 is 0 Å². The van der Waals surface area contributed by atoms with Crippen LogP contribution in [0.15, 0.2) is 0 Å². The van der Waals surface area contributed by atoms with E-state index in [0.29, 0.717) is 39.0 Å². The third-order valence-corrected chi connectivity index (χ3v) is 4.25. The van der Waals surface area contributed by atoms with Gasteiger partial charge in [0.15, 0.2) is 23.3 Å². The van der Waals surface area contributed by atoms with Gasteiger partial charge in [0.1, 0.15) is 0 Å². The summed E-state index contributed by atoms with van der Waals surface area (Å²) in [4.78, 5) is 1.80. The van der Waals surface area contributed by atoms with Crippen LogP contribution in [-0.2, 0) is 0 Å². The quantitative estimate of drug-likeness (QED) is 0.367. The SMILES string of the molecule is CCCCC[C@H](c1c(F)c(F)c(F)c(F)c1F)N1CCNCC1. The number of nitrogens with one attached hydrogen (secondary N) is 1. The molecule has 0 saturated carbocycles. The van der Waals surface area contributed by atoms with Crippen molar-refractivity contribution in [1.82, 2.24) is 10.2 Å². The molecule has 0 spiro atoms. The first-order chi connectivity index (χ1) is 11.0. The Balaban J connectivity index is 2.41. The van der Waals surface area contributed by atoms with Crippen LogP contribution in [0.4, 0.5) is 22.0 Å². The zero-order valence-corrected chi connectivity index (χ0v) is 13.1. The molecule has 1 aliphatic heterocycles. The number of unbranched alkanes of at least 4 members (excludes halogenated alkanes) is 2. The maximum Gasteiger partial charge on any atom is 0.200 e. The van der Waals surface area contributed by atoms with Crippen LogP contribution in [0.2, 0.25) is 0 Å². The molecule has 1 aromatic carbocycles. The van der Waals surface area contributed by atoms with Gasteiger partial charge in [-0.2, -0.15) is 0 Å². The maximum atomic E-state index is 14.2. The van der Waals surface area contributed by atoms with Crippen LogP contribution in [0.3, 0.4) is 0 Å². The van der Waals surface area contributed by atoms with Crippen LogP contribution in [0.5, 0.6) is 0 Å². The number of hydrogen-bond acceptors (Lipinski definition) is 2. The molecule has 23 heavy (non-hydrogen) atoms. The van der Waals surface area contributed by atoms with E-state index in [4.69, 9.17) is 0 Å². The Labute approximate surface area is 132 Å². The summed E-state index contributed by atoms with van der Waals surface area (Å²) >= 11 is 0. The molecule has 2 rings (SSSR count). The highest BCUT2D eigenvalue weighted by Crippen LogP contribution is 2.34. The second kappa shape index (κ2) is 8.06. The van der Waals surface area contributed by atoms with E-state index in [2.05, 4.69) is 5.32 Å². The first kappa shape index (κ1) is 18.1. The van der Waals surface area contributed by atoms with Gasteiger partial charge in [-0.05, 0) is 6.42 Å². The lowest BCUT2D eigenvalue weighted by Crippen LogP contribution is -2.45. The smallest absolute Gasteiger partial charge is 0.200 e. The molecule has 1 aromatic rings. The molecule has 2 nitrogen and oxygen atoms in total. The van der Waals surface area contributed by atoms with Gasteiger partial charge in [0, 0.05) is 37.8 Å². The molecule has 1 N–H and O–H groups in total. The highest BCUT2D eigenvalue weighted by Gasteiger charge is 2.33. The minimum atomic E-state index is -2.10. The average Bonchev–Trinajstić information content (AvgIpc) is 2.58. The zero-order valence-electron chi connectivity index (χ0n) is 13.1. The summed E-state index contributed by atoms with van der Waals surface area (Å²) in [5.74, 6) is -9.25. The predicted molar refractivity (Wildman–Crippen MR) is 77.6 cm³/mol. The fraction of sp³-hybridized carbons (Fsp3) is 0.625. The maximum absolute atomic E-state index is 14.2. The highest BCUT2D eigenvalue weighted by atomic mass is 19.2. The van der Waals surface area contributed by atoms with E-state index in [1.165, 1.54) is 0 Å². The first-order valence-corrected chi connectivity index (χ1v) is 7.95. The van der Waals surface area contributed by atoms with Crippen LogP contribution in [0.25, 0.3) is 0 Å². The Hall–Kier alpha value is -1.21. The minimum Gasteiger partial charge on any atom is -0.314 e. The molecule has 130 valence electrons. The monoisotopic (exact) mass is 336 g/mol. The number of nitrogens with zero attached hydrogens (tertiary/aromatic N) is 1. The van der Waals surface area contributed by atoms with Crippen molar-refractivity contribution in [2.24, 2.45) is 0 Å². The van der Waals surface area contributed by atoms with Crippen molar-refractivity contribution in [3.8, 4) is 0 Å². The van der Waals surface area contributed by atoms with Gasteiger partial charge in [-0.3, -0.25) is 4.90 Å². The standard InChI is InChI=1S/C16H21F5N2/c1-2-3-4-5-10(23-8-6-22-7-9-23)11-12(17)14(19)16(21)15(20)13(11)18/h10,22H,2-9H2,1H3/t10-/m1/s1. The predicted octanol–water partition coefficient (Wildman–Crippen LogP) is 3.91. The first-order valence-electron chi connectivity index (χ1n) is 7.95. The minimum absolute atomic E-state index is 0.367. The molecule has 7 heteroatoms. The summed E-state index contributed by atoms with van der Waals surface area (Å²) in [6, 6.07) is -0.798. The number of hydrogen-bond donors (Lipinski definition) is 1. The normalized spacial score (nSPS) is 17.5. The number of halogens is 5. The van der Waals surface area contributed by atoms with Crippen molar-refractivity contribution in [3.63, 3.8) is 0 Å². The van der Waals surface area contributed by atoms with Crippen LogP contribution >= 0.6 is 0 Å². The largest absolute Gasteiger partial charge is 0.314 e. The zero-order chi connectivity index (χ0) is 17.0. The Bertz CT molecular complexity index is 515. The van der Waals surface area contributed by atoms with Crippen LogP contribution in [0, 0.1) is 29.1 Å².